The van der Waals surface area contributed by atoms with Crippen molar-refractivity contribution in [1.29, 1.82) is 0 Å². The van der Waals surface area contributed by atoms with Gasteiger partial charge in [0.05, 0.1) is 12.3 Å². The Balaban J connectivity index is 1.34. The van der Waals surface area contributed by atoms with E-state index in [0.717, 1.165) is 22.4 Å². The molecule has 1 aromatic heterocycles. The van der Waals surface area contributed by atoms with E-state index in [0.29, 0.717) is 35.6 Å². The second-order valence-corrected chi connectivity index (χ2v) is 9.65. The summed E-state index contributed by atoms with van der Waals surface area (Å²) in [5, 5.41) is 7.60. The molecule has 0 saturated carbocycles. The number of carbonyl (C=O) groups excluding carboxylic acids is 1. The SMILES string of the molecule is Cc1ccc(-c2nc(OCC(C)C)nn2-c2ccc(NC(=O)c3ccc(-c4ccccc4)cc3)cc2)cc1. The molecule has 38 heavy (non-hydrogen) atoms. The average molecular weight is 503 g/mol. The monoisotopic (exact) mass is 502 g/mol. The Bertz CT molecular complexity index is 1510. The van der Waals surface area contributed by atoms with Crippen molar-refractivity contribution >= 4 is 11.6 Å². The number of aryl methyl sites for hydroxylation is 1. The maximum atomic E-state index is 12.9. The highest BCUT2D eigenvalue weighted by Gasteiger charge is 2.16. The van der Waals surface area contributed by atoms with Gasteiger partial charge in [-0.1, -0.05) is 86.1 Å². The third-order valence-electron chi connectivity index (χ3n) is 6.07. The van der Waals surface area contributed by atoms with E-state index in [1.54, 1.807) is 4.68 Å². The second kappa shape index (κ2) is 11.1. The molecular weight excluding hydrogens is 472 g/mol. The molecule has 1 N–H and O–H groups in total. The standard InChI is InChI=1S/C32H30N4O2/c1-22(2)21-38-32-34-30(26-11-9-23(3)10-12-26)36(35-32)29-19-17-28(18-20-29)33-31(37)27-15-13-25(14-16-27)24-7-5-4-6-8-24/h4-20,22H,21H2,1-3H3,(H,33,37). The molecule has 4 aromatic carbocycles. The molecule has 6 heteroatoms. The van der Waals surface area contributed by atoms with Crippen molar-refractivity contribution in [2.24, 2.45) is 5.92 Å². The third-order valence-corrected chi connectivity index (χ3v) is 6.07. The van der Waals surface area contributed by atoms with Crippen LogP contribution in [0.1, 0.15) is 29.8 Å². The van der Waals surface area contributed by atoms with Gasteiger partial charge in [0.2, 0.25) is 0 Å². The molecule has 5 rings (SSSR count). The fourth-order valence-electron chi connectivity index (χ4n) is 4.00. The fourth-order valence-corrected chi connectivity index (χ4v) is 4.00. The lowest BCUT2D eigenvalue weighted by Crippen LogP contribution is -2.11. The number of carbonyl (C=O) groups is 1. The number of rotatable bonds is 8. The number of hydrogen-bond donors (Lipinski definition) is 1. The van der Waals surface area contributed by atoms with E-state index in [4.69, 9.17) is 4.74 Å². The van der Waals surface area contributed by atoms with Gasteiger partial charge in [-0.15, -0.1) is 5.10 Å². The van der Waals surface area contributed by atoms with Gasteiger partial charge in [0.25, 0.3) is 5.91 Å². The van der Waals surface area contributed by atoms with Crippen LogP contribution in [0.2, 0.25) is 0 Å². The highest BCUT2D eigenvalue weighted by molar-refractivity contribution is 6.04. The zero-order valence-electron chi connectivity index (χ0n) is 21.8. The molecule has 5 aromatic rings. The molecule has 0 aliphatic heterocycles. The summed E-state index contributed by atoms with van der Waals surface area (Å²) < 4.78 is 7.59. The number of hydrogen-bond acceptors (Lipinski definition) is 4. The molecule has 0 radical (unpaired) electrons. The molecule has 0 unspecified atom stereocenters. The molecule has 190 valence electrons. The van der Waals surface area contributed by atoms with Gasteiger partial charge < -0.3 is 10.1 Å². The highest BCUT2D eigenvalue weighted by atomic mass is 16.5. The summed E-state index contributed by atoms with van der Waals surface area (Å²) in [7, 11) is 0. The molecule has 0 fully saturated rings. The van der Waals surface area contributed by atoms with Crippen molar-refractivity contribution in [3.63, 3.8) is 0 Å². The van der Waals surface area contributed by atoms with E-state index in [2.05, 4.69) is 48.3 Å². The van der Waals surface area contributed by atoms with Gasteiger partial charge >= 0.3 is 6.01 Å². The first-order chi connectivity index (χ1) is 18.5. The first kappa shape index (κ1) is 25.0. The normalized spacial score (nSPS) is 10.9. The minimum atomic E-state index is -0.164. The van der Waals surface area contributed by atoms with Crippen LogP contribution in [0.25, 0.3) is 28.2 Å². The lowest BCUT2D eigenvalue weighted by Gasteiger charge is -2.09. The van der Waals surface area contributed by atoms with E-state index in [1.165, 1.54) is 5.56 Å². The number of amides is 1. The van der Waals surface area contributed by atoms with Crippen LogP contribution in [0.4, 0.5) is 5.69 Å². The van der Waals surface area contributed by atoms with Gasteiger partial charge in [0, 0.05) is 16.8 Å². The molecule has 0 aliphatic carbocycles. The van der Waals surface area contributed by atoms with E-state index >= 15 is 0 Å². The van der Waals surface area contributed by atoms with E-state index in [9.17, 15) is 4.79 Å². The van der Waals surface area contributed by atoms with Crippen LogP contribution in [0.3, 0.4) is 0 Å². The highest BCUT2D eigenvalue weighted by Crippen LogP contribution is 2.25. The van der Waals surface area contributed by atoms with Crippen LogP contribution in [-0.4, -0.2) is 27.3 Å². The predicted octanol–water partition coefficient (Wildman–Crippen LogP) is 7.20. The zero-order valence-corrected chi connectivity index (χ0v) is 21.8. The van der Waals surface area contributed by atoms with E-state index < -0.39 is 0 Å². The smallest absolute Gasteiger partial charge is 0.336 e. The van der Waals surface area contributed by atoms with Crippen molar-refractivity contribution in [3.8, 4) is 34.2 Å². The third kappa shape index (κ3) is 5.81. The van der Waals surface area contributed by atoms with Crippen LogP contribution < -0.4 is 10.1 Å². The largest absolute Gasteiger partial charge is 0.462 e. The lowest BCUT2D eigenvalue weighted by atomic mass is 10.0. The quantitative estimate of drug-likeness (QED) is 0.244. The van der Waals surface area contributed by atoms with Crippen molar-refractivity contribution in [2.75, 3.05) is 11.9 Å². The summed E-state index contributed by atoms with van der Waals surface area (Å²) in [5.41, 5.74) is 6.41. The number of benzene rings is 4. The molecule has 0 atom stereocenters. The van der Waals surface area contributed by atoms with Crippen molar-refractivity contribution in [2.45, 2.75) is 20.8 Å². The number of ether oxygens (including phenoxy) is 1. The molecular formula is C32H30N4O2. The number of aromatic nitrogens is 3. The fraction of sp³-hybridized carbons (Fsp3) is 0.156. The zero-order chi connectivity index (χ0) is 26.5. The van der Waals surface area contributed by atoms with Crippen molar-refractivity contribution in [3.05, 3.63) is 114 Å². The molecule has 0 saturated heterocycles. The van der Waals surface area contributed by atoms with Crippen molar-refractivity contribution < 1.29 is 9.53 Å². The summed E-state index contributed by atoms with van der Waals surface area (Å²) in [6, 6.07) is 33.7. The Morgan fingerprint density at radius 3 is 2.11 bits per heavy atom. The number of anilines is 1. The Kier molecular flexibility index (Phi) is 7.31. The Hall–Kier alpha value is -4.71. The van der Waals surface area contributed by atoms with Crippen LogP contribution in [0, 0.1) is 12.8 Å². The molecule has 0 bridgehead atoms. The first-order valence-electron chi connectivity index (χ1n) is 12.7. The predicted molar refractivity (Wildman–Crippen MR) is 152 cm³/mol. The van der Waals surface area contributed by atoms with Crippen molar-refractivity contribution in [1.82, 2.24) is 14.8 Å². The van der Waals surface area contributed by atoms with Crippen LogP contribution >= 0.6 is 0 Å². The van der Waals surface area contributed by atoms with Gasteiger partial charge in [-0.25, -0.2) is 4.68 Å². The summed E-state index contributed by atoms with van der Waals surface area (Å²) in [5.74, 6) is 0.893. The first-order valence-corrected chi connectivity index (χ1v) is 12.7. The second-order valence-electron chi connectivity index (χ2n) is 9.65. The maximum absolute atomic E-state index is 12.9. The van der Waals surface area contributed by atoms with Gasteiger partial charge in [0.1, 0.15) is 0 Å². The van der Waals surface area contributed by atoms with Gasteiger partial charge in [0.15, 0.2) is 5.82 Å². The molecule has 1 amide bonds. The molecule has 6 nitrogen and oxygen atoms in total. The Labute approximate surface area is 223 Å². The maximum Gasteiger partial charge on any atom is 0.336 e. The van der Waals surface area contributed by atoms with Gasteiger partial charge in [-0.05, 0) is 60.4 Å². The molecule has 0 spiro atoms. The van der Waals surface area contributed by atoms with Gasteiger partial charge in [-0.2, -0.15) is 4.98 Å². The van der Waals surface area contributed by atoms with Crippen LogP contribution in [0.5, 0.6) is 6.01 Å². The van der Waals surface area contributed by atoms with Crippen LogP contribution in [-0.2, 0) is 0 Å². The summed E-state index contributed by atoms with van der Waals surface area (Å²) in [6.07, 6.45) is 0. The minimum absolute atomic E-state index is 0.164. The Morgan fingerprint density at radius 1 is 0.816 bits per heavy atom. The number of nitrogens with one attached hydrogen (secondary N) is 1. The minimum Gasteiger partial charge on any atom is -0.462 e. The molecule has 0 aliphatic rings. The average Bonchev–Trinajstić information content (AvgIpc) is 3.37. The van der Waals surface area contributed by atoms with Crippen LogP contribution in [0.15, 0.2) is 103 Å². The topological polar surface area (TPSA) is 69.0 Å². The number of nitrogens with zero attached hydrogens (tertiary/aromatic N) is 3. The summed E-state index contributed by atoms with van der Waals surface area (Å²) >= 11 is 0. The summed E-state index contributed by atoms with van der Waals surface area (Å²) in [4.78, 5) is 17.5. The van der Waals surface area contributed by atoms with E-state index in [-0.39, 0.29) is 5.91 Å². The van der Waals surface area contributed by atoms with E-state index in [1.807, 2.05) is 91.0 Å². The Morgan fingerprint density at radius 2 is 1.45 bits per heavy atom. The van der Waals surface area contributed by atoms with Gasteiger partial charge in [-0.3, -0.25) is 4.79 Å². The lowest BCUT2D eigenvalue weighted by molar-refractivity contribution is 0.102. The summed E-state index contributed by atoms with van der Waals surface area (Å²) in [6.45, 7) is 6.76. The molecule has 1 heterocycles.